The van der Waals surface area contributed by atoms with Crippen LogP contribution in [0.3, 0.4) is 0 Å². The van der Waals surface area contributed by atoms with Crippen molar-refractivity contribution in [1.29, 1.82) is 0 Å². The minimum Gasteiger partial charge on any atom is -0.125 e. The molecule has 0 aromatic heterocycles. The molecule has 15 heavy (non-hydrogen) atoms. The Morgan fingerprint density at radius 1 is 0.600 bits per heavy atom. The number of unbranched alkanes of at least 4 members (excludes halogenated alkanes) is 3. The molecule has 0 aliphatic carbocycles. The Labute approximate surface area is 98.6 Å². The zero-order chi connectivity index (χ0) is 11.6. The van der Waals surface area contributed by atoms with E-state index >= 15 is 0 Å². The Hall–Kier alpha value is 0.430. The number of hydrogen-bond acceptors (Lipinski definition) is 0. The second kappa shape index (κ2) is 9.64. The monoisotopic (exact) mass is 231 g/mol. The van der Waals surface area contributed by atoms with E-state index in [1.165, 1.54) is 44.7 Å². The third-order valence-corrected chi connectivity index (χ3v) is 8.77. The molecule has 93 valence electrons. The first-order valence-electron chi connectivity index (χ1n) is 7.09. The molecular weight excluding hydrogens is 199 g/mol. The smallest absolute Gasteiger partial charge is 0.0359 e. The third-order valence-electron chi connectivity index (χ3n) is 3.63. The molecule has 0 saturated heterocycles. The molecule has 1 radical (unpaired) electrons. The van der Waals surface area contributed by atoms with Crippen LogP contribution in [0.4, 0.5) is 0 Å². The molecule has 0 fully saturated rings. The molecule has 0 aliphatic heterocycles. The summed E-state index contributed by atoms with van der Waals surface area (Å²) >= 11 is 0. The van der Waals surface area contributed by atoms with Crippen LogP contribution in [0.5, 0.6) is 0 Å². The van der Waals surface area contributed by atoms with Gasteiger partial charge in [-0.3, -0.25) is 0 Å². The first kappa shape index (κ1) is 15.4. The second-order valence-corrected chi connectivity index (χ2v) is 9.55. The Morgan fingerprint density at radius 2 is 0.933 bits per heavy atom. The SMILES string of the molecule is CCCC[P](CC)(CCCC)CCCC. The molecule has 0 amide bonds. The molecule has 0 atom stereocenters. The molecular formula is C14H32P. The van der Waals surface area contributed by atoms with Crippen molar-refractivity contribution in [2.24, 2.45) is 0 Å². The minimum atomic E-state index is -0.527. The summed E-state index contributed by atoms with van der Waals surface area (Å²) in [6, 6.07) is 0. The van der Waals surface area contributed by atoms with E-state index in [4.69, 9.17) is 0 Å². The average molecular weight is 231 g/mol. The van der Waals surface area contributed by atoms with Crippen molar-refractivity contribution < 1.29 is 0 Å². The predicted octanol–water partition coefficient (Wildman–Crippen LogP) is 5.42. The van der Waals surface area contributed by atoms with E-state index in [1.54, 1.807) is 18.5 Å². The van der Waals surface area contributed by atoms with Crippen molar-refractivity contribution >= 4 is 7.26 Å². The van der Waals surface area contributed by atoms with Crippen LogP contribution >= 0.6 is 7.26 Å². The summed E-state index contributed by atoms with van der Waals surface area (Å²) in [6.07, 6.45) is 14.9. The lowest BCUT2D eigenvalue weighted by molar-refractivity contribution is 0.834. The average Bonchev–Trinajstić information content (AvgIpc) is 2.29. The van der Waals surface area contributed by atoms with Crippen LogP contribution in [-0.2, 0) is 0 Å². The van der Waals surface area contributed by atoms with E-state index in [0.717, 1.165) is 0 Å². The van der Waals surface area contributed by atoms with Crippen molar-refractivity contribution in [3.8, 4) is 0 Å². The lowest BCUT2D eigenvalue weighted by Gasteiger charge is -2.36. The molecule has 0 aromatic rings. The topological polar surface area (TPSA) is 0 Å². The first-order valence-corrected chi connectivity index (χ1v) is 9.62. The van der Waals surface area contributed by atoms with Crippen LogP contribution < -0.4 is 0 Å². The lowest BCUT2D eigenvalue weighted by atomic mass is 10.4. The fraction of sp³-hybridized carbons (Fsp3) is 1.00. The highest BCUT2D eigenvalue weighted by Crippen LogP contribution is 2.60. The van der Waals surface area contributed by atoms with Crippen molar-refractivity contribution in [1.82, 2.24) is 0 Å². The van der Waals surface area contributed by atoms with Gasteiger partial charge in [-0.2, -0.15) is 0 Å². The van der Waals surface area contributed by atoms with Gasteiger partial charge in [0.1, 0.15) is 0 Å². The maximum atomic E-state index is 2.45. The molecule has 1 heteroatoms. The molecule has 0 saturated carbocycles. The molecule has 0 unspecified atom stereocenters. The Bertz CT molecular complexity index is 110. The van der Waals surface area contributed by atoms with Crippen LogP contribution in [0, 0.1) is 0 Å². The minimum absolute atomic E-state index is 0.527. The van der Waals surface area contributed by atoms with Gasteiger partial charge in [-0.15, -0.1) is 7.26 Å². The highest BCUT2D eigenvalue weighted by molar-refractivity contribution is 7.75. The third kappa shape index (κ3) is 6.56. The maximum absolute atomic E-state index is 2.45. The number of rotatable bonds is 10. The molecule has 0 rings (SSSR count). The second-order valence-electron chi connectivity index (χ2n) is 4.89. The van der Waals surface area contributed by atoms with Crippen LogP contribution in [0.25, 0.3) is 0 Å². The van der Waals surface area contributed by atoms with Crippen LogP contribution in [0.15, 0.2) is 0 Å². The van der Waals surface area contributed by atoms with Gasteiger partial charge in [0.2, 0.25) is 0 Å². The first-order chi connectivity index (χ1) is 7.24. The quantitative estimate of drug-likeness (QED) is 0.440. The molecule has 0 nitrogen and oxygen atoms in total. The van der Waals surface area contributed by atoms with Gasteiger partial charge < -0.3 is 0 Å². The molecule has 0 heterocycles. The Kier molecular flexibility index (Phi) is 9.92. The van der Waals surface area contributed by atoms with Gasteiger partial charge in [0.15, 0.2) is 0 Å². The van der Waals surface area contributed by atoms with E-state index < -0.39 is 7.26 Å². The van der Waals surface area contributed by atoms with Crippen molar-refractivity contribution in [3.63, 3.8) is 0 Å². The normalized spacial score (nSPS) is 12.0. The Balaban J connectivity index is 4.16. The molecule has 0 N–H and O–H groups in total. The van der Waals surface area contributed by atoms with Crippen LogP contribution in [-0.4, -0.2) is 24.6 Å². The summed E-state index contributed by atoms with van der Waals surface area (Å²) < 4.78 is 0. The van der Waals surface area contributed by atoms with E-state index in [1.807, 2.05) is 0 Å². The van der Waals surface area contributed by atoms with Gasteiger partial charge >= 0.3 is 0 Å². The fourth-order valence-electron chi connectivity index (χ4n) is 2.29. The van der Waals surface area contributed by atoms with Crippen LogP contribution in [0.1, 0.15) is 66.2 Å². The van der Waals surface area contributed by atoms with Crippen molar-refractivity contribution in [2.45, 2.75) is 66.2 Å². The molecule has 0 aliphatic rings. The fourth-order valence-corrected chi connectivity index (χ4v) is 6.87. The van der Waals surface area contributed by atoms with Crippen molar-refractivity contribution in [2.75, 3.05) is 24.6 Å². The van der Waals surface area contributed by atoms with E-state index in [-0.39, 0.29) is 0 Å². The summed E-state index contributed by atoms with van der Waals surface area (Å²) in [5.74, 6) is 0. The summed E-state index contributed by atoms with van der Waals surface area (Å²) in [5.41, 5.74) is 0. The zero-order valence-corrected chi connectivity index (χ0v) is 12.4. The zero-order valence-electron chi connectivity index (χ0n) is 11.5. The number of hydrogen-bond donors (Lipinski definition) is 0. The van der Waals surface area contributed by atoms with Crippen LogP contribution in [0.2, 0.25) is 0 Å². The van der Waals surface area contributed by atoms with E-state index in [9.17, 15) is 0 Å². The molecule has 0 bridgehead atoms. The van der Waals surface area contributed by atoms with Gasteiger partial charge in [0.25, 0.3) is 0 Å². The maximum Gasteiger partial charge on any atom is -0.0359 e. The van der Waals surface area contributed by atoms with Crippen molar-refractivity contribution in [3.05, 3.63) is 0 Å². The highest BCUT2D eigenvalue weighted by atomic mass is 31.2. The molecule has 0 aromatic carbocycles. The van der Waals surface area contributed by atoms with Gasteiger partial charge in [-0.25, -0.2) is 0 Å². The lowest BCUT2D eigenvalue weighted by Crippen LogP contribution is -2.11. The predicted molar refractivity (Wildman–Crippen MR) is 76.8 cm³/mol. The van der Waals surface area contributed by atoms with Gasteiger partial charge in [-0.1, -0.05) is 47.0 Å². The Morgan fingerprint density at radius 3 is 1.13 bits per heavy atom. The van der Waals surface area contributed by atoms with Gasteiger partial charge in [0.05, 0.1) is 0 Å². The van der Waals surface area contributed by atoms with E-state index in [2.05, 4.69) is 27.7 Å². The summed E-state index contributed by atoms with van der Waals surface area (Å²) in [5, 5.41) is 0. The van der Waals surface area contributed by atoms with Gasteiger partial charge in [-0.05, 0) is 43.9 Å². The largest absolute Gasteiger partial charge is 0.125 e. The van der Waals surface area contributed by atoms with E-state index in [0.29, 0.717) is 0 Å². The standard InChI is InChI=1S/C14H32P/c1-5-9-12-15(8-4,13-10-6-2)14-11-7-3/h5-14H2,1-4H3. The summed E-state index contributed by atoms with van der Waals surface area (Å²) in [4.78, 5) is 0. The highest BCUT2D eigenvalue weighted by Gasteiger charge is 2.22. The summed E-state index contributed by atoms with van der Waals surface area (Å²) in [7, 11) is -0.527. The molecule has 0 spiro atoms. The van der Waals surface area contributed by atoms with Gasteiger partial charge in [0, 0.05) is 0 Å². The summed E-state index contributed by atoms with van der Waals surface area (Å²) in [6.45, 7) is 9.46.